The molecule has 0 bridgehead atoms. The molecule has 0 unspecified atom stereocenters. The van der Waals surface area contributed by atoms with Gasteiger partial charge in [0.05, 0.1) is 17.9 Å². The lowest BCUT2D eigenvalue weighted by atomic mass is 9.94. The average Bonchev–Trinajstić information content (AvgIpc) is 3.14. The van der Waals surface area contributed by atoms with Gasteiger partial charge in [0.25, 0.3) is 5.92 Å². The van der Waals surface area contributed by atoms with Crippen LogP contribution in [0.25, 0.3) is 22.5 Å². The Labute approximate surface area is 185 Å². The van der Waals surface area contributed by atoms with Crippen molar-refractivity contribution in [3.63, 3.8) is 0 Å². The van der Waals surface area contributed by atoms with Crippen LogP contribution in [0.15, 0.2) is 42.5 Å². The van der Waals surface area contributed by atoms with Crippen molar-refractivity contribution < 1.29 is 18.3 Å². The number of ether oxygens (including phenoxy) is 2. The molecule has 0 spiro atoms. The number of alkyl halides is 2. The summed E-state index contributed by atoms with van der Waals surface area (Å²) in [4.78, 5) is 0. The highest BCUT2D eigenvalue weighted by molar-refractivity contribution is 5.76. The van der Waals surface area contributed by atoms with E-state index in [1.165, 1.54) is 11.1 Å². The number of rotatable bonds is 6. The molecule has 166 valence electrons. The Morgan fingerprint density at radius 2 is 1.84 bits per heavy atom. The highest BCUT2D eigenvalue weighted by atomic mass is 19.3. The first-order chi connectivity index (χ1) is 15.6. The van der Waals surface area contributed by atoms with E-state index in [-0.39, 0.29) is 24.1 Å². The van der Waals surface area contributed by atoms with Crippen molar-refractivity contribution in [2.45, 2.75) is 31.7 Å². The number of benzene rings is 2. The number of methoxy groups -OCH3 is 1. The van der Waals surface area contributed by atoms with Gasteiger partial charge in [-0.25, -0.2) is 8.78 Å². The van der Waals surface area contributed by atoms with Crippen molar-refractivity contribution in [2.75, 3.05) is 26.9 Å². The molecule has 5 rings (SSSR count). The zero-order valence-corrected chi connectivity index (χ0v) is 18.0. The van der Waals surface area contributed by atoms with Gasteiger partial charge in [0.2, 0.25) is 0 Å². The van der Waals surface area contributed by atoms with Crippen LogP contribution in [0.4, 0.5) is 8.78 Å². The predicted octanol–water partition coefficient (Wildman–Crippen LogP) is 4.52. The number of hydrogen-bond donors (Lipinski definition) is 1. The van der Waals surface area contributed by atoms with Gasteiger partial charge in [0, 0.05) is 31.2 Å². The highest BCUT2D eigenvalue weighted by Crippen LogP contribution is 2.49. The molecule has 0 radical (unpaired) electrons. The van der Waals surface area contributed by atoms with Crippen LogP contribution in [0.3, 0.4) is 0 Å². The summed E-state index contributed by atoms with van der Waals surface area (Å²) in [5.41, 5.74) is 5.17. The number of fused-ring (bicyclic) bond motifs is 2. The van der Waals surface area contributed by atoms with Crippen molar-refractivity contribution in [3.05, 3.63) is 64.7 Å². The van der Waals surface area contributed by atoms with E-state index in [1.54, 1.807) is 25.3 Å². The molecule has 1 aliphatic heterocycles. The van der Waals surface area contributed by atoms with Gasteiger partial charge in [-0.05, 0) is 54.3 Å². The normalized spacial score (nSPS) is 16.5. The van der Waals surface area contributed by atoms with Crippen LogP contribution in [-0.4, -0.2) is 37.1 Å². The van der Waals surface area contributed by atoms with Crippen LogP contribution in [0, 0.1) is 0 Å². The van der Waals surface area contributed by atoms with E-state index in [1.807, 2.05) is 12.1 Å². The smallest absolute Gasteiger partial charge is 0.276 e. The maximum Gasteiger partial charge on any atom is 0.276 e. The molecule has 0 amide bonds. The summed E-state index contributed by atoms with van der Waals surface area (Å²) in [6, 6.07) is 13.2. The molecule has 1 aliphatic carbocycles. The largest absolute Gasteiger partial charge is 0.490 e. The van der Waals surface area contributed by atoms with Crippen molar-refractivity contribution in [1.29, 1.82) is 0 Å². The first-order valence-electron chi connectivity index (χ1n) is 10.9. The zero-order chi connectivity index (χ0) is 22.1. The van der Waals surface area contributed by atoms with Gasteiger partial charge in [-0.3, -0.25) is 0 Å². The third kappa shape index (κ3) is 3.76. The van der Waals surface area contributed by atoms with E-state index in [4.69, 9.17) is 9.47 Å². The summed E-state index contributed by atoms with van der Waals surface area (Å²) < 4.78 is 41.1. The number of para-hydroxylation sites is 1. The fourth-order valence-electron chi connectivity index (χ4n) is 4.58. The van der Waals surface area contributed by atoms with Crippen LogP contribution in [0.2, 0.25) is 0 Å². The molecule has 5 nitrogen and oxygen atoms in total. The second-order valence-electron chi connectivity index (χ2n) is 8.20. The number of hydrogen-bond acceptors (Lipinski definition) is 5. The van der Waals surface area contributed by atoms with Crippen molar-refractivity contribution in [3.8, 4) is 28.3 Å². The number of nitrogens with zero attached hydrogens (tertiary/aromatic N) is 2. The molecule has 1 N–H and O–H groups in total. The van der Waals surface area contributed by atoms with E-state index < -0.39 is 5.92 Å². The van der Waals surface area contributed by atoms with Gasteiger partial charge < -0.3 is 14.8 Å². The van der Waals surface area contributed by atoms with Gasteiger partial charge in [0.15, 0.2) is 0 Å². The number of nitrogens with one attached hydrogen (secondary N) is 1. The van der Waals surface area contributed by atoms with Crippen LogP contribution < -0.4 is 10.1 Å². The Hall–Kier alpha value is -2.90. The molecule has 2 aliphatic rings. The standard InChI is InChI=1S/C25H25F2N3O2/c1-31-12-13-32-21-5-3-2-4-19(21)24-22-20(8-10-25(22,26)27)23(29-30-24)17-6-7-18-15-28-11-9-16(18)14-17/h2-7,14,28H,8-13,15H2,1H3. The molecule has 2 aromatic carbocycles. The average molecular weight is 437 g/mol. The molecule has 0 saturated carbocycles. The van der Waals surface area contributed by atoms with Gasteiger partial charge >= 0.3 is 0 Å². The van der Waals surface area contributed by atoms with Crippen molar-refractivity contribution in [1.82, 2.24) is 15.5 Å². The molecule has 7 heteroatoms. The Bertz CT molecular complexity index is 1150. The SMILES string of the molecule is COCCOc1ccccc1-c1nnc(-c2ccc3c(c2)CCNC3)c2c1C(F)(F)CC2. The molecule has 0 atom stereocenters. The second kappa shape index (κ2) is 8.56. The Balaban J connectivity index is 1.62. The fourth-order valence-corrected chi connectivity index (χ4v) is 4.58. The second-order valence-corrected chi connectivity index (χ2v) is 8.20. The summed E-state index contributed by atoms with van der Waals surface area (Å²) in [6.07, 6.45) is 0.946. The fraction of sp³-hybridized carbons (Fsp3) is 0.360. The Morgan fingerprint density at radius 3 is 2.72 bits per heavy atom. The monoisotopic (exact) mass is 437 g/mol. The molecular formula is C25H25F2N3O2. The van der Waals surface area contributed by atoms with Gasteiger partial charge in [0.1, 0.15) is 18.1 Å². The van der Waals surface area contributed by atoms with E-state index in [2.05, 4.69) is 27.6 Å². The number of halogens is 2. The lowest BCUT2D eigenvalue weighted by Crippen LogP contribution is -2.23. The zero-order valence-electron chi connectivity index (χ0n) is 18.0. The van der Waals surface area contributed by atoms with Crippen LogP contribution >= 0.6 is 0 Å². The minimum absolute atomic E-state index is 0.0234. The maximum absolute atomic E-state index is 15.2. The van der Waals surface area contributed by atoms with Crippen LogP contribution in [0.1, 0.15) is 28.7 Å². The summed E-state index contributed by atoms with van der Waals surface area (Å²) >= 11 is 0. The maximum atomic E-state index is 15.2. The summed E-state index contributed by atoms with van der Waals surface area (Å²) in [6.45, 7) is 2.47. The first kappa shape index (κ1) is 21.0. The third-order valence-electron chi connectivity index (χ3n) is 6.18. The van der Waals surface area contributed by atoms with Crippen LogP contribution in [-0.2, 0) is 30.0 Å². The van der Waals surface area contributed by atoms with E-state index >= 15 is 8.78 Å². The topological polar surface area (TPSA) is 56.3 Å². The molecular weight excluding hydrogens is 412 g/mol. The minimum atomic E-state index is -2.97. The minimum Gasteiger partial charge on any atom is -0.490 e. The Kier molecular flexibility index (Phi) is 5.61. The predicted molar refractivity (Wildman–Crippen MR) is 118 cm³/mol. The lowest BCUT2D eigenvalue weighted by Gasteiger charge is -2.20. The van der Waals surface area contributed by atoms with Gasteiger partial charge in [-0.15, -0.1) is 10.2 Å². The van der Waals surface area contributed by atoms with E-state index in [0.29, 0.717) is 35.8 Å². The van der Waals surface area contributed by atoms with E-state index in [0.717, 1.165) is 25.1 Å². The quantitative estimate of drug-likeness (QED) is 0.575. The number of aromatic nitrogens is 2. The van der Waals surface area contributed by atoms with E-state index in [9.17, 15) is 0 Å². The summed E-state index contributed by atoms with van der Waals surface area (Å²) in [7, 11) is 1.59. The van der Waals surface area contributed by atoms with Gasteiger partial charge in [-0.2, -0.15) is 0 Å². The third-order valence-corrected chi connectivity index (χ3v) is 6.18. The van der Waals surface area contributed by atoms with Crippen molar-refractivity contribution >= 4 is 0 Å². The van der Waals surface area contributed by atoms with Gasteiger partial charge in [-0.1, -0.05) is 24.3 Å². The summed E-state index contributed by atoms with van der Waals surface area (Å²) in [5, 5.41) is 12.2. The summed E-state index contributed by atoms with van der Waals surface area (Å²) in [5.74, 6) is -2.47. The molecule has 0 fully saturated rings. The lowest BCUT2D eigenvalue weighted by molar-refractivity contribution is -0.00159. The highest BCUT2D eigenvalue weighted by Gasteiger charge is 2.44. The van der Waals surface area contributed by atoms with Crippen LogP contribution in [0.5, 0.6) is 5.75 Å². The molecule has 3 aromatic rings. The Morgan fingerprint density at radius 1 is 1.00 bits per heavy atom. The van der Waals surface area contributed by atoms with Crippen molar-refractivity contribution in [2.24, 2.45) is 0 Å². The molecule has 32 heavy (non-hydrogen) atoms. The molecule has 2 heterocycles. The molecule has 1 aromatic heterocycles. The molecule has 0 saturated heterocycles. The first-order valence-corrected chi connectivity index (χ1v) is 10.9.